The number of thiazole rings is 1. The number of anilines is 1. The number of nitrogens with zero attached hydrogens (tertiary/aromatic N) is 1. The number of hydrogen-bond donors (Lipinski definition) is 1. The van der Waals surface area contributed by atoms with Crippen molar-refractivity contribution in [3.05, 3.63) is 71.2 Å². The van der Waals surface area contributed by atoms with E-state index in [1.807, 2.05) is 55.5 Å². The predicted molar refractivity (Wildman–Crippen MR) is 102 cm³/mol. The summed E-state index contributed by atoms with van der Waals surface area (Å²) in [6.07, 6.45) is -0.926. The molecule has 1 aromatic heterocycles. The minimum Gasteiger partial charge on any atom is -0.448 e. The summed E-state index contributed by atoms with van der Waals surface area (Å²) in [5.74, 6) is -1.00. The van der Waals surface area contributed by atoms with Gasteiger partial charge in [-0.1, -0.05) is 42.5 Å². The van der Waals surface area contributed by atoms with Gasteiger partial charge in [-0.3, -0.25) is 4.79 Å². The third-order valence-electron chi connectivity index (χ3n) is 3.67. The van der Waals surface area contributed by atoms with Crippen molar-refractivity contribution < 1.29 is 14.3 Å². The summed E-state index contributed by atoms with van der Waals surface area (Å²) in [6.45, 7) is 3.47. The first-order valence-electron chi connectivity index (χ1n) is 8.12. The van der Waals surface area contributed by atoms with Gasteiger partial charge in [-0.15, -0.1) is 11.3 Å². The van der Waals surface area contributed by atoms with E-state index in [1.54, 1.807) is 11.4 Å². The molecule has 6 heteroatoms. The van der Waals surface area contributed by atoms with Gasteiger partial charge in [-0.25, -0.2) is 9.78 Å². The van der Waals surface area contributed by atoms with Gasteiger partial charge in [-0.2, -0.15) is 0 Å². The van der Waals surface area contributed by atoms with Crippen molar-refractivity contribution in [1.29, 1.82) is 0 Å². The lowest BCUT2D eigenvalue weighted by molar-refractivity contribution is -0.123. The Labute approximate surface area is 155 Å². The van der Waals surface area contributed by atoms with Crippen LogP contribution >= 0.6 is 11.3 Å². The van der Waals surface area contributed by atoms with Gasteiger partial charge < -0.3 is 10.1 Å². The molecule has 3 aromatic rings. The molecule has 1 amide bonds. The highest BCUT2D eigenvalue weighted by Gasteiger charge is 2.21. The normalized spacial score (nSPS) is 11.6. The predicted octanol–water partition coefficient (Wildman–Crippen LogP) is 4.30. The largest absolute Gasteiger partial charge is 0.448 e. The highest BCUT2D eigenvalue weighted by molar-refractivity contribution is 7.13. The van der Waals surface area contributed by atoms with E-state index in [9.17, 15) is 9.59 Å². The van der Waals surface area contributed by atoms with Gasteiger partial charge in [0.1, 0.15) is 5.01 Å². The SMILES string of the molecule is Cc1cccc(NC(=O)[C@@H](C)OC(=O)c2csc(-c3ccccc3)n2)c1. The fourth-order valence-corrected chi connectivity index (χ4v) is 3.12. The summed E-state index contributed by atoms with van der Waals surface area (Å²) in [4.78, 5) is 28.8. The molecule has 1 atom stereocenters. The maximum absolute atomic E-state index is 12.3. The summed E-state index contributed by atoms with van der Waals surface area (Å²) >= 11 is 1.36. The van der Waals surface area contributed by atoms with Gasteiger partial charge in [0, 0.05) is 16.6 Å². The molecule has 0 saturated carbocycles. The fraction of sp³-hybridized carbons (Fsp3) is 0.150. The van der Waals surface area contributed by atoms with Crippen LogP contribution in [-0.4, -0.2) is 23.0 Å². The first-order chi connectivity index (χ1) is 12.5. The minimum absolute atomic E-state index is 0.198. The summed E-state index contributed by atoms with van der Waals surface area (Å²) in [5.41, 5.74) is 2.83. The van der Waals surface area contributed by atoms with Crippen molar-refractivity contribution in [2.45, 2.75) is 20.0 Å². The second-order valence-electron chi connectivity index (χ2n) is 5.81. The summed E-state index contributed by atoms with van der Waals surface area (Å²) in [7, 11) is 0. The van der Waals surface area contributed by atoms with Crippen molar-refractivity contribution in [3.8, 4) is 10.6 Å². The van der Waals surface area contributed by atoms with Gasteiger partial charge in [0.05, 0.1) is 0 Å². The third kappa shape index (κ3) is 4.34. The van der Waals surface area contributed by atoms with Gasteiger partial charge in [0.15, 0.2) is 11.8 Å². The number of rotatable bonds is 5. The third-order valence-corrected chi connectivity index (χ3v) is 4.56. The number of aryl methyl sites for hydroxylation is 1. The molecule has 2 aromatic carbocycles. The number of ether oxygens (including phenoxy) is 1. The van der Waals surface area contributed by atoms with Gasteiger partial charge in [0.25, 0.3) is 5.91 Å². The number of hydrogen-bond acceptors (Lipinski definition) is 5. The lowest BCUT2D eigenvalue weighted by atomic mass is 10.2. The standard InChI is InChI=1S/C20H18N2O3S/c1-13-7-6-10-16(11-13)21-18(23)14(2)25-20(24)17-12-26-19(22-17)15-8-4-3-5-9-15/h3-12,14H,1-2H3,(H,21,23)/t14-/m1/s1. The molecule has 132 valence electrons. The average Bonchev–Trinajstić information content (AvgIpc) is 3.12. The number of aromatic nitrogens is 1. The Hall–Kier alpha value is -2.99. The average molecular weight is 366 g/mol. The van der Waals surface area contributed by atoms with Gasteiger partial charge in [-0.05, 0) is 31.5 Å². The van der Waals surface area contributed by atoms with Crippen LogP contribution in [0, 0.1) is 6.92 Å². The van der Waals surface area contributed by atoms with E-state index in [0.29, 0.717) is 5.69 Å². The summed E-state index contributed by atoms with van der Waals surface area (Å²) in [6, 6.07) is 17.0. The van der Waals surface area contributed by atoms with E-state index in [2.05, 4.69) is 10.3 Å². The van der Waals surface area contributed by atoms with Crippen LogP contribution in [0.25, 0.3) is 10.6 Å². The maximum atomic E-state index is 12.3. The van der Waals surface area contributed by atoms with Crippen molar-refractivity contribution in [2.75, 3.05) is 5.32 Å². The van der Waals surface area contributed by atoms with E-state index in [0.717, 1.165) is 16.1 Å². The van der Waals surface area contributed by atoms with Gasteiger partial charge >= 0.3 is 5.97 Å². The molecule has 0 aliphatic rings. The highest BCUT2D eigenvalue weighted by Crippen LogP contribution is 2.23. The van der Waals surface area contributed by atoms with E-state index >= 15 is 0 Å². The molecule has 0 unspecified atom stereocenters. The van der Waals surface area contributed by atoms with Crippen LogP contribution in [0.3, 0.4) is 0 Å². The molecule has 0 saturated heterocycles. The molecule has 1 heterocycles. The lowest BCUT2D eigenvalue weighted by Gasteiger charge is -2.13. The molecule has 0 radical (unpaired) electrons. The summed E-state index contributed by atoms with van der Waals surface area (Å²) < 4.78 is 5.24. The number of carbonyl (C=O) groups is 2. The first kappa shape index (κ1) is 17.8. The molecule has 3 rings (SSSR count). The van der Waals surface area contributed by atoms with Crippen LogP contribution < -0.4 is 5.32 Å². The Morgan fingerprint density at radius 3 is 2.62 bits per heavy atom. The topological polar surface area (TPSA) is 68.3 Å². The zero-order valence-corrected chi connectivity index (χ0v) is 15.2. The molecule has 0 spiro atoms. The first-order valence-corrected chi connectivity index (χ1v) is 9.00. The molecule has 1 N–H and O–H groups in total. The van der Waals surface area contributed by atoms with Crippen LogP contribution in [0.4, 0.5) is 5.69 Å². The lowest BCUT2D eigenvalue weighted by Crippen LogP contribution is -2.30. The zero-order chi connectivity index (χ0) is 18.5. The van der Waals surface area contributed by atoms with Crippen molar-refractivity contribution in [2.24, 2.45) is 0 Å². The fourth-order valence-electron chi connectivity index (χ4n) is 2.32. The number of nitrogens with one attached hydrogen (secondary N) is 1. The highest BCUT2D eigenvalue weighted by atomic mass is 32.1. The van der Waals surface area contributed by atoms with Crippen LogP contribution in [0.15, 0.2) is 60.0 Å². The quantitative estimate of drug-likeness (QED) is 0.684. The Morgan fingerprint density at radius 1 is 1.12 bits per heavy atom. The monoisotopic (exact) mass is 366 g/mol. The van der Waals surface area contributed by atoms with Crippen LogP contribution in [0.1, 0.15) is 23.0 Å². The number of carbonyl (C=O) groups excluding carboxylic acids is 2. The van der Waals surface area contributed by atoms with Crippen LogP contribution in [0.2, 0.25) is 0 Å². The smallest absolute Gasteiger partial charge is 0.358 e. The van der Waals surface area contributed by atoms with E-state index in [1.165, 1.54) is 18.3 Å². The Balaban J connectivity index is 1.62. The second kappa shape index (κ2) is 7.93. The van der Waals surface area contributed by atoms with E-state index in [-0.39, 0.29) is 11.6 Å². The molecule has 0 aliphatic carbocycles. The van der Waals surface area contributed by atoms with Crippen molar-refractivity contribution >= 4 is 28.9 Å². The number of esters is 1. The van der Waals surface area contributed by atoms with E-state index < -0.39 is 12.1 Å². The molecule has 5 nitrogen and oxygen atoms in total. The van der Waals surface area contributed by atoms with Crippen molar-refractivity contribution in [3.63, 3.8) is 0 Å². The Morgan fingerprint density at radius 2 is 1.88 bits per heavy atom. The maximum Gasteiger partial charge on any atom is 0.358 e. The number of benzene rings is 2. The minimum atomic E-state index is -0.926. The molecule has 0 fully saturated rings. The summed E-state index contributed by atoms with van der Waals surface area (Å²) in [5, 5.41) is 5.10. The number of amides is 1. The Bertz CT molecular complexity index is 922. The van der Waals surface area contributed by atoms with Crippen LogP contribution in [0.5, 0.6) is 0 Å². The van der Waals surface area contributed by atoms with E-state index in [4.69, 9.17) is 4.74 Å². The Kier molecular flexibility index (Phi) is 5.43. The van der Waals surface area contributed by atoms with Crippen molar-refractivity contribution in [1.82, 2.24) is 4.98 Å². The molecular formula is C20H18N2O3S. The second-order valence-corrected chi connectivity index (χ2v) is 6.67. The van der Waals surface area contributed by atoms with Crippen LogP contribution in [-0.2, 0) is 9.53 Å². The zero-order valence-electron chi connectivity index (χ0n) is 14.4. The molecule has 26 heavy (non-hydrogen) atoms. The molecule has 0 aliphatic heterocycles. The molecular weight excluding hydrogens is 348 g/mol. The van der Waals surface area contributed by atoms with Gasteiger partial charge in [0.2, 0.25) is 0 Å². The molecule has 0 bridgehead atoms.